The molecule has 0 saturated heterocycles. The van der Waals surface area contributed by atoms with Crippen molar-refractivity contribution >= 4 is 0 Å². The molecule has 2 nitrogen and oxygen atoms in total. The Morgan fingerprint density at radius 1 is 0.727 bits per heavy atom. The highest BCUT2D eigenvalue weighted by Gasteiger charge is 2.02. The summed E-state index contributed by atoms with van der Waals surface area (Å²) < 4.78 is 11.3. The van der Waals surface area contributed by atoms with Crippen LogP contribution in [0.2, 0.25) is 0 Å². The average Bonchev–Trinajstić information content (AvgIpc) is 2.98. The fourth-order valence-electron chi connectivity index (χ4n) is 2.77. The molecule has 0 amide bonds. The highest BCUT2D eigenvalue weighted by molar-refractivity contribution is 5.07. The molecular weight excluding hydrogens is 272 g/mol. The molecule has 0 atom stereocenters. The summed E-state index contributed by atoms with van der Waals surface area (Å²) in [5, 5.41) is 0. The molecule has 0 spiro atoms. The first kappa shape index (κ1) is 19.3. The van der Waals surface area contributed by atoms with E-state index in [9.17, 15) is 0 Å². The zero-order valence-electron chi connectivity index (χ0n) is 14.9. The Kier molecular flexibility index (Phi) is 12.2. The maximum absolute atomic E-state index is 5.92. The first-order valence-electron chi connectivity index (χ1n) is 9.52. The molecule has 128 valence electrons. The lowest BCUT2D eigenvalue weighted by molar-refractivity contribution is 0.143. The normalized spacial score (nSPS) is 11.2. The van der Waals surface area contributed by atoms with Gasteiger partial charge in [-0.3, -0.25) is 0 Å². The summed E-state index contributed by atoms with van der Waals surface area (Å²) >= 11 is 0. The topological polar surface area (TPSA) is 22.4 Å². The van der Waals surface area contributed by atoms with Gasteiger partial charge in [-0.05, 0) is 38.3 Å². The smallest absolute Gasteiger partial charge is 0.104 e. The van der Waals surface area contributed by atoms with Crippen LogP contribution in [-0.4, -0.2) is 13.2 Å². The van der Waals surface area contributed by atoms with Gasteiger partial charge in [0.15, 0.2) is 0 Å². The lowest BCUT2D eigenvalue weighted by Gasteiger charge is -2.02. The van der Waals surface area contributed by atoms with Gasteiger partial charge in [-0.1, -0.05) is 51.9 Å². The summed E-state index contributed by atoms with van der Waals surface area (Å²) in [6, 6.07) is 4.35. The van der Waals surface area contributed by atoms with E-state index in [1.54, 1.807) is 0 Å². The lowest BCUT2D eigenvalue weighted by atomic mass is 10.1. The van der Waals surface area contributed by atoms with Crippen molar-refractivity contribution in [2.75, 3.05) is 13.2 Å². The second-order valence-electron chi connectivity index (χ2n) is 6.25. The van der Waals surface area contributed by atoms with Crippen molar-refractivity contribution in [1.29, 1.82) is 0 Å². The molecular formula is C20H36O2. The Balaban J connectivity index is 1.95. The Bertz CT molecular complexity index is 343. The Morgan fingerprint density at radius 2 is 1.27 bits per heavy atom. The average molecular weight is 309 g/mol. The predicted molar refractivity (Wildman–Crippen MR) is 94.5 cm³/mol. The number of rotatable bonds is 15. The molecule has 1 aromatic rings. The van der Waals surface area contributed by atoms with E-state index in [2.05, 4.69) is 26.0 Å². The number of furan rings is 1. The zero-order valence-corrected chi connectivity index (χ0v) is 14.9. The van der Waals surface area contributed by atoms with Crippen LogP contribution >= 0.6 is 0 Å². The van der Waals surface area contributed by atoms with Gasteiger partial charge in [0.25, 0.3) is 0 Å². The van der Waals surface area contributed by atoms with Crippen molar-refractivity contribution in [3.63, 3.8) is 0 Å². The van der Waals surface area contributed by atoms with Crippen molar-refractivity contribution in [2.45, 2.75) is 90.9 Å². The van der Waals surface area contributed by atoms with E-state index >= 15 is 0 Å². The fraction of sp³-hybridized carbons (Fsp3) is 0.800. The van der Waals surface area contributed by atoms with Gasteiger partial charge >= 0.3 is 0 Å². The molecule has 0 aliphatic heterocycles. The SMILES string of the molecule is CCCCCCc1ccc(CCCCCCCCOCC)o1. The van der Waals surface area contributed by atoms with E-state index in [1.807, 2.05) is 0 Å². The molecule has 0 aromatic carbocycles. The van der Waals surface area contributed by atoms with E-state index in [0.29, 0.717) is 0 Å². The highest BCUT2D eigenvalue weighted by atomic mass is 16.5. The molecule has 0 aliphatic carbocycles. The molecule has 0 radical (unpaired) electrons. The third-order valence-corrected chi connectivity index (χ3v) is 4.16. The van der Waals surface area contributed by atoms with Crippen LogP contribution in [0.1, 0.15) is 89.6 Å². The van der Waals surface area contributed by atoms with Crippen molar-refractivity contribution in [3.8, 4) is 0 Å². The van der Waals surface area contributed by atoms with E-state index in [0.717, 1.165) is 26.1 Å². The van der Waals surface area contributed by atoms with Crippen molar-refractivity contribution in [1.82, 2.24) is 0 Å². The van der Waals surface area contributed by atoms with Crippen molar-refractivity contribution in [2.24, 2.45) is 0 Å². The van der Waals surface area contributed by atoms with Crippen LogP contribution < -0.4 is 0 Å². The van der Waals surface area contributed by atoms with Crippen LogP contribution in [0.5, 0.6) is 0 Å². The zero-order chi connectivity index (χ0) is 15.9. The van der Waals surface area contributed by atoms with Crippen molar-refractivity contribution < 1.29 is 9.15 Å². The number of unbranched alkanes of at least 4 members (excludes halogenated alkanes) is 8. The largest absolute Gasteiger partial charge is 0.466 e. The van der Waals surface area contributed by atoms with Crippen molar-refractivity contribution in [3.05, 3.63) is 23.7 Å². The van der Waals surface area contributed by atoms with Crippen LogP contribution in [0.15, 0.2) is 16.5 Å². The van der Waals surface area contributed by atoms with Gasteiger partial charge in [-0.15, -0.1) is 0 Å². The van der Waals surface area contributed by atoms with E-state index in [-0.39, 0.29) is 0 Å². The van der Waals surface area contributed by atoms with Crippen LogP contribution in [0.3, 0.4) is 0 Å². The maximum atomic E-state index is 5.92. The van der Waals surface area contributed by atoms with Gasteiger partial charge in [-0.2, -0.15) is 0 Å². The fourth-order valence-corrected chi connectivity index (χ4v) is 2.77. The molecule has 1 heterocycles. The number of hydrogen-bond acceptors (Lipinski definition) is 2. The molecule has 0 aliphatic rings. The first-order valence-corrected chi connectivity index (χ1v) is 9.52. The first-order chi connectivity index (χ1) is 10.9. The Hall–Kier alpha value is -0.760. The molecule has 1 rings (SSSR count). The van der Waals surface area contributed by atoms with Crippen LogP contribution in [0, 0.1) is 0 Å². The predicted octanol–water partition coefficient (Wildman–Crippen LogP) is 6.32. The Morgan fingerprint density at radius 3 is 1.86 bits per heavy atom. The molecule has 1 aromatic heterocycles. The van der Waals surface area contributed by atoms with Crippen LogP contribution in [-0.2, 0) is 17.6 Å². The summed E-state index contributed by atoms with van der Waals surface area (Å²) in [7, 11) is 0. The minimum Gasteiger partial charge on any atom is -0.466 e. The summed E-state index contributed by atoms with van der Waals surface area (Å²) in [6.45, 7) is 6.10. The monoisotopic (exact) mass is 308 g/mol. The minimum absolute atomic E-state index is 0.851. The second kappa shape index (κ2) is 13.9. The van der Waals surface area contributed by atoms with Gasteiger partial charge in [0, 0.05) is 26.1 Å². The third kappa shape index (κ3) is 10.0. The summed E-state index contributed by atoms with van der Waals surface area (Å²) in [5.41, 5.74) is 0. The Labute approximate surface area is 137 Å². The molecule has 2 heteroatoms. The standard InChI is InChI=1S/C20H36O2/c1-3-5-6-11-14-19-16-17-20(22-19)15-12-9-7-8-10-13-18-21-4-2/h16-17H,3-15,18H2,1-2H3. The van der Waals surface area contributed by atoms with Crippen LogP contribution in [0.25, 0.3) is 0 Å². The molecule has 0 unspecified atom stereocenters. The number of aryl methyl sites for hydroxylation is 2. The van der Waals surface area contributed by atoms with Gasteiger partial charge in [0.05, 0.1) is 0 Å². The van der Waals surface area contributed by atoms with Gasteiger partial charge < -0.3 is 9.15 Å². The third-order valence-electron chi connectivity index (χ3n) is 4.16. The van der Waals surface area contributed by atoms with Gasteiger partial charge in [0.2, 0.25) is 0 Å². The lowest BCUT2D eigenvalue weighted by Crippen LogP contribution is -1.93. The highest BCUT2D eigenvalue weighted by Crippen LogP contribution is 2.15. The van der Waals surface area contributed by atoms with Gasteiger partial charge in [-0.25, -0.2) is 0 Å². The van der Waals surface area contributed by atoms with E-state index in [1.165, 1.54) is 75.7 Å². The van der Waals surface area contributed by atoms with E-state index in [4.69, 9.17) is 9.15 Å². The summed E-state index contributed by atoms with van der Waals surface area (Å²) in [4.78, 5) is 0. The number of hydrogen-bond donors (Lipinski definition) is 0. The molecule has 0 saturated carbocycles. The second-order valence-corrected chi connectivity index (χ2v) is 6.25. The quantitative estimate of drug-likeness (QED) is 0.354. The minimum atomic E-state index is 0.851. The summed E-state index contributed by atoms with van der Waals surface area (Å²) in [5.74, 6) is 2.36. The van der Waals surface area contributed by atoms with Gasteiger partial charge in [0.1, 0.15) is 11.5 Å². The van der Waals surface area contributed by atoms with E-state index < -0.39 is 0 Å². The maximum Gasteiger partial charge on any atom is 0.104 e. The molecule has 0 fully saturated rings. The molecule has 0 bridgehead atoms. The summed E-state index contributed by atoms with van der Waals surface area (Å²) in [6.07, 6.45) is 15.2. The van der Waals surface area contributed by atoms with Crippen LogP contribution in [0.4, 0.5) is 0 Å². The molecule has 0 N–H and O–H groups in total. The number of ether oxygens (including phenoxy) is 1. The molecule has 22 heavy (non-hydrogen) atoms.